The lowest BCUT2D eigenvalue weighted by molar-refractivity contribution is 0.0989. The minimum Gasteiger partial charge on any atom is -0.397 e. The highest BCUT2D eigenvalue weighted by Gasteiger charge is 2.27. The van der Waals surface area contributed by atoms with Crippen molar-refractivity contribution in [2.24, 2.45) is 0 Å². The Morgan fingerprint density at radius 3 is 2.65 bits per heavy atom. The number of nitrogens with two attached hydrogens (primary N) is 1. The minimum absolute atomic E-state index is 0.0776. The molecule has 2 aromatic rings. The van der Waals surface area contributed by atoms with Gasteiger partial charge in [0.25, 0.3) is 5.91 Å². The summed E-state index contributed by atoms with van der Waals surface area (Å²) in [4.78, 5) is 14.3. The molecule has 0 fully saturated rings. The molecule has 0 radical (unpaired) electrons. The second-order valence-electron chi connectivity index (χ2n) is 4.75. The predicted molar refractivity (Wildman–Crippen MR) is 77.4 cm³/mol. The summed E-state index contributed by atoms with van der Waals surface area (Å²) in [6, 6.07) is 14.4. The normalized spacial score (nSPS) is 12.8. The molecule has 0 saturated carbocycles. The molecule has 1 aliphatic rings. The number of amides is 1. The molecular weight excluding hydrogens is 250 g/mol. The predicted octanol–water partition coefficient (Wildman–Crippen LogP) is 2.34. The lowest BCUT2D eigenvalue weighted by atomic mass is 10.1. The molecule has 98 valence electrons. The smallest absolute Gasteiger partial charge is 0.258 e. The minimum atomic E-state index is -0.0776. The number of nitriles is 1. The Labute approximate surface area is 117 Å². The van der Waals surface area contributed by atoms with Crippen molar-refractivity contribution in [1.82, 2.24) is 0 Å². The second kappa shape index (κ2) is 4.71. The molecule has 0 bridgehead atoms. The van der Waals surface area contributed by atoms with Gasteiger partial charge in [0.2, 0.25) is 0 Å². The van der Waals surface area contributed by atoms with Crippen molar-refractivity contribution < 1.29 is 4.79 Å². The van der Waals surface area contributed by atoms with E-state index in [0.717, 1.165) is 17.7 Å². The molecule has 3 rings (SSSR count). The summed E-state index contributed by atoms with van der Waals surface area (Å²) in [5, 5.41) is 8.78. The summed E-state index contributed by atoms with van der Waals surface area (Å²) < 4.78 is 0. The highest BCUT2D eigenvalue weighted by Crippen LogP contribution is 2.34. The fourth-order valence-electron chi connectivity index (χ4n) is 2.53. The number of hydrogen-bond donors (Lipinski definition) is 1. The van der Waals surface area contributed by atoms with Crippen LogP contribution in [0.3, 0.4) is 0 Å². The first kappa shape index (κ1) is 12.2. The van der Waals surface area contributed by atoms with Crippen LogP contribution in [0.15, 0.2) is 42.5 Å². The van der Waals surface area contributed by atoms with Crippen LogP contribution in [0, 0.1) is 11.3 Å². The third kappa shape index (κ3) is 1.90. The Kier molecular flexibility index (Phi) is 2.88. The fraction of sp³-hybridized carbons (Fsp3) is 0.125. The summed E-state index contributed by atoms with van der Waals surface area (Å²) in [7, 11) is 0. The van der Waals surface area contributed by atoms with Crippen LogP contribution in [0.2, 0.25) is 0 Å². The quantitative estimate of drug-likeness (QED) is 0.803. The highest BCUT2D eigenvalue weighted by molar-refractivity contribution is 6.09. The number of carbonyl (C=O) groups is 1. The standard InChI is InChI=1S/C16H13N3O/c17-10-11-4-6-13(7-5-11)16(20)19-9-8-12-2-1-3-14(18)15(12)19/h1-7H,8-9,18H2. The van der Waals surface area contributed by atoms with Crippen molar-refractivity contribution >= 4 is 17.3 Å². The van der Waals surface area contributed by atoms with Gasteiger partial charge in [-0.25, -0.2) is 0 Å². The number of fused-ring (bicyclic) bond motifs is 1. The van der Waals surface area contributed by atoms with Crippen LogP contribution in [-0.4, -0.2) is 12.5 Å². The number of nitrogen functional groups attached to an aromatic ring is 1. The van der Waals surface area contributed by atoms with E-state index in [9.17, 15) is 4.79 Å². The molecule has 1 aliphatic heterocycles. The van der Waals surface area contributed by atoms with Gasteiger partial charge in [0.15, 0.2) is 0 Å². The van der Waals surface area contributed by atoms with Gasteiger partial charge in [-0.3, -0.25) is 4.79 Å². The van der Waals surface area contributed by atoms with E-state index < -0.39 is 0 Å². The molecule has 1 heterocycles. The van der Waals surface area contributed by atoms with Crippen molar-refractivity contribution in [2.45, 2.75) is 6.42 Å². The molecule has 2 aromatic carbocycles. The van der Waals surface area contributed by atoms with E-state index in [4.69, 9.17) is 11.0 Å². The van der Waals surface area contributed by atoms with E-state index in [1.807, 2.05) is 24.3 Å². The average molecular weight is 263 g/mol. The van der Waals surface area contributed by atoms with Crippen molar-refractivity contribution in [3.63, 3.8) is 0 Å². The summed E-state index contributed by atoms with van der Waals surface area (Å²) in [5.74, 6) is -0.0776. The van der Waals surface area contributed by atoms with Crippen LogP contribution in [0.25, 0.3) is 0 Å². The first-order valence-corrected chi connectivity index (χ1v) is 6.40. The maximum absolute atomic E-state index is 12.5. The average Bonchev–Trinajstić information content (AvgIpc) is 2.92. The van der Waals surface area contributed by atoms with Crippen LogP contribution in [-0.2, 0) is 6.42 Å². The fourth-order valence-corrected chi connectivity index (χ4v) is 2.53. The van der Waals surface area contributed by atoms with Gasteiger partial charge >= 0.3 is 0 Å². The van der Waals surface area contributed by atoms with E-state index >= 15 is 0 Å². The van der Waals surface area contributed by atoms with Crippen molar-refractivity contribution in [3.8, 4) is 6.07 Å². The molecule has 0 aliphatic carbocycles. The molecule has 4 nitrogen and oxygen atoms in total. The molecule has 0 atom stereocenters. The van der Waals surface area contributed by atoms with Crippen molar-refractivity contribution in [2.75, 3.05) is 17.2 Å². The van der Waals surface area contributed by atoms with Gasteiger partial charge in [0.1, 0.15) is 0 Å². The first-order valence-electron chi connectivity index (χ1n) is 6.40. The summed E-state index contributed by atoms with van der Waals surface area (Å²) in [6.45, 7) is 0.641. The van der Waals surface area contributed by atoms with E-state index in [-0.39, 0.29) is 5.91 Å². The largest absolute Gasteiger partial charge is 0.397 e. The van der Waals surface area contributed by atoms with Crippen LogP contribution in [0.5, 0.6) is 0 Å². The molecular formula is C16H13N3O. The highest BCUT2D eigenvalue weighted by atomic mass is 16.2. The number of hydrogen-bond acceptors (Lipinski definition) is 3. The van der Waals surface area contributed by atoms with E-state index in [2.05, 4.69) is 0 Å². The van der Waals surface area contributed by atoms with Gasteiger partial charge in [-0.15, -0.1) is 0 Å². The summed E-state index contributed by atoms with van der Waals surface area (Å²) >= 11 is 0. The Bertz CT molecular complexity index is 713. The number of nitrogens with zero attached hydrogens (tertiary/aromatic N) is 2. The van der Waals surface area contributed by atoms with Crippen molar-refractivity contribution in [3.05, 3.63) is 59.2 Å². The van der Waals surface area contributed by atoms with E-state index in [0.29, 0.717) is 23.4 Å². The molecule has 0 saturated heterocycles. The SMILES string of the molecule is N#Cc1ccc(C(=O)N2CCc3cccc(N)c32)cc1. The van der Waals surface area contributed by atoms with Crippen LogP contribution in [0.4, 0.5) is 11.4 Å². The van der Waals surface area contributed by atoms with Crippen LogP contribution >= 0.6 is 0 Å². The lowest BCUT2D eigenvalue weighted by Gasteiger charge is -2.19. The molecule has 2 N–H and O–H groups in total. The number of carbonyl (C=O) groups excluding carboxylic acids is 1. The molecule has 0 aromatic heterocycles. The maximum atomic E-state index is 12.5. The van der Waals surface area contributed by atoms with Crippen LogP contribution < -0.4 is 10.6 Å². The monoisotopic (exact) mass is 263 g/mol. The van der Waals surface area contributed by atoms with Gasteiger partial charge < -0.3 is 10.6 Å². The van der Waals surface area contributed by atoms with Gasteiger partial charge in [0, 0.05) is 12.1 Å². The third-order valence-electron chi connectivity index (χ3n) is 3.53. The molecule has 0 spiro atoms. The summed E-state index contributed by atoms with van der Waals surface area (Å²) in [6.07, 6.45) is 0.822. The van der Waals surface area contributed by atoms with E-state index in [1.165, 1.54) is 0 Å². The molecule has 20 heavy (non-hydrogen) atoms. The Hall–Kier alpha value is -2.80. The summed E-state index contributed by atoms with van der Waals surface area (Å²) in [5.41, 5.74) is 9.65. The Morgan fingerprint density at radius 2 is 1.95 bits per heavy atom. The van der Waals surface area contributed by atoms with Crippen molar-refractivity contribution in [1.29, 1.82) is 5.26 Å². The zero-order valence-electron chi connectivity index (χ0n) is 10.8. The Morgan fingerprint density at radius 1 is 1.20 bits per heavy atom. The van der Waals surface area contributed by atoms with Gasteiger partial charge in [-0.1, -0.05) is 12.1 Å². The van der Waals surface area contributed by atoms with Gasteiger partial charge in [-0.05, 0) is 42.3 Å². The number of rotatable bonds is 1. The molecule has 0 unspecified atom stereocenters. The van der Waals surface area contributed by atoms with E-state index in [1.54, 1.807) is 29.2 Å². The number of anilines is 2. The Balaban J connectivity index is 1.95. The van der Waals surface area contributed by atoms with Crippen LogP contribution in [0.1, 0.15) is 21.5 Å². The second-order valence-corrected chi connectivity index (χ2v) is 4.75. The number of benzene rings is 2. The van der Waals surface area contributed by atoms with Gasteiger partial charge in [0.05, 0.1) is 23.0 Å². The first-order chi connectivity index (χ1) is 9.70. The maximum Gasteiger partial charge on any atom is 0.258 e. The molecule has 4 heteroatoms. The lowest BCUT2D eigenvalue weighted by Crippen LogP contribution is -2.29. The third-order valence-corrected chi connectivity index (χ3v) is 3.53. The topological polar surface area (TPSA) is 70.1 Å². The number of para-hydroxylation sites is 1. The van der Waals surface area contributed by atoms with Gasteiger partial charge in [-0.2, -0.15) is 5.26 Å². The molecule has 1 amide bonds. The zero-order valence-corrected chi connectivity index (χ0v) is 10.8. The zero-order chi connectivity index (χ0) is 14.1.